The molecule has 1 aromatic carbocycles. The van der Waals surface area contributed by atoms with E-state index < -0.39 is 0 Å². The van der Waals surface area contributed by atoms with E-state index in [1.165, 1.54) is 37.1 Å². The zero-order chi connectivity index (χ0) is 12.4. The molecule has 1 saturated heterocycles. The van der Waals surface area contributed by atoms with Crippen molar-refractivity contribution in [3.8, 4) is 0 Å². The van der Waals surface area contributed by atoms with Gasteiger partial charge in [0.2, 0.25) is 0 Å². The zero-order valence-corrected chi connectivity index (χ0v) is 11.4. The summed E-state index contributed by atoms with van der Waals surface area (Å²) in [5.41, 5.74) is 2.90. The third-order valence-corrected chi connectivity index (χ3v) is 4.32. The molecule has 98 valence electrons. The van der Waals surface area contributed by atoms with Crippen LogP contribution in [-0.2, 0) is 13.0 Å². The molecule has 1 atom stereocenters. The van der Waals surface area contributed by atoms with Crippen LogP contribution in [0.15, 0.2) is 24.3 Å². The van der Waals surface area contributed by atoms with E-state index in [4.69, 9.17) is 0 Å². The van der Waals surface area contributed by atoms with Crippen molar-refractivity contribution >= 4 is 0 Å². The van der Waals surface area contributed by atoms with Crippen LogP contribution in [0.3, 0.4) is 0 Å². The summed E-state index contributed by atoms with van der Waals surface area (Å²) in [5, 5.41) is 3.67. The number of nitrogens with zero attached hydrogens (tertiary/aromatic N) is 1. The summed E-state index contributed by atoms with van der Waals surface area (Å²) < 4.78 is 0. The molecule has 2 heteroatoms. The zero-order valence-electron chi connectivity index (χ0n) is 11.4. The SMILES string of the molecule is CCc1ccc(CN2CCNC(C3CC3)C2)cc1. The van der Waals surface area contributed by atoms with E-state index in [0.29, 0.717) is 0 Å². The number of aryl methyl sites for hydroxylation is 1. The molecule has 1 saturated carbocycles. The Morgan fingerprint density at radius 1 is 1.17 bits per heavy atom. The summed E-state index contributed by atoms with van der Waals surface area (Å²) in [5.74, 6) is 0.968. The van der Waals surface area contributed by atoms with Gasteiger partial charge in [-0.1, -0.05) is 31.2 Å². The highest BCUT2D eigenvalue weighted by atomic mass is 15.2. The van der Waals surface area contributed by atoms with Gasteiger partial charge in [-0.2, -0.15) is 0 Å². The minimum absolute atomic E-state index is 0.758. The van der Waals surface area contributed by atoms with Gasteiger partial charge in [0, 0.05) is 32.2 Å². The Morgan fingerprint density at radius 3 is 2.56 bits per heavy atom. The second kappa shape index (κ2) is 5.41. The minimum Gasteiger partial charge on any atom is -0.311 e. The lowest BCUT2D eigenvalue weighted by Gasteiger charge is -2.34. The molecular formula is C16H24N2. The molecule has 0 amide bonds. The highest BCUT2D eigenvalue weighted by Gasteiger charge is 2.33. The van der Waals surface area contributed by atoms with Gasteiger partial charge >= 0.3 is 0 Å². The topological polar surface area (TPSA) is 15.3 Å². The average molecular weight is 244 g/mol. The lowest BCUT2D eigenvalue weighted by Crippen LogP contribution is -2.51. The van der Waals surface area contributed by atoms with Crippen LogP contribution in [0.25, 0.3) is 0 Å². The predicted molar refractivity (Wildman–Crippen MR) is 75.6 cm³/mol. The van der Waals surface area contributed by atoms with Gasteiger partial charge in [-0.15, -0.1) is 0 Å². The molecule has 1 N–H and O–H groups in total. The quantitative estimate of drug-likeness (QED) is 0.875. The maximum absolute atomic E-state index is 3.67. The molecule has 2 fully saturated rings. The van der Waals surface area contributed by atoms with Crippen molar-refractivity contribution in [2.45, 2.75) is 38.8 Å². The molecule has 1 aliphatic heterocycles. The van der Waals surface area contributed by atoms with Crippen molar-refractivity contribution in [3.63, 3.8) is 0 Å². The van der Waals surface area contributed by atoms with Crippen molar-refractivity contribution in [1.29, 1.82) is 0 Å². The highest BCUT2D eigenvalue weighted by molar-refractivity contribution is 5.22. The third kappa shape index (κ3) is 2.93. The molecular weight excluding hydrogens is 220 g/mol. The summed E-state index contributed by atoms with van der Waals surface area (Å²) >= 11 is 0. The van der Waals surface area contributed by atoms with E-state index in [2.05, 4.69) is 41.4 Å². The summed E-state index contributed by atoms with van der Waals surface area (Å²) in [6, 6.07) is 9.90. The molecule has 0 bridgehead atoms. The van der Waals surface area contributed by atoms with Crippen molar-refractivity contribution in [1.82, 2.24) is 10.2 Å². The number of hydrogen-bond donors (Lipinski definition) is 1. The van der Waals surface area contributed by atoms with Crippen molar-refractivity contribution in [2.75, 3.05) is 19.6 Å². The number of hydrogen-bond acceptors (Lipinski definition) is 2. The van der Waals surface area contributed by atoms with Crippen LogP contribution in [0.2, 0.25) is 0 Å². The summed E-state index contributed by atoms with van der Waals surface area (Å²) in [7, 11) is 0. The largest absolute Gasteiger partial charge is 0.311 e. The molecule has 2 aliphatic rings. The van der Waals surface area contributed by atoms with Crippen molar-refractivity contribution in [3.05, 3.63) is 35.4 Å². The Hall–Kier alpha value is -0.860. The van der Waals surface area contributed by atoms with Crippen LogP contribution in [-0.4, -0.2) is 30.6 Å². The van der Waals surface area contributed by atoms with Gasteiger partial charge in [0.15, 0.2) is 0 Å². The molecule has 2 nitrogen and oxygen atoms in total. The lowest BCUT2D eigenvalue weighted by atomic mass is 10.1. The first kappa shape index (κ1) is 12.2. The van der Waals surface area contributed by atoms with Crippen LogP contribution < -0.4 is 5.32 Å². The average Bonchev–Trinajstić information content (AvgIpc) is 3.24. The molecule has 18 heavy (non-hydrogen) atoms. The van der Waals surface area contributed by atoms with Gasteiger partial charge in [0.25, 0.3) is 0 Å². The fourth-order valence-electron chi connectivity index (χ4n) is 2.94. The number of benzene rings is 1. The monoisotopic (exact) mass is 244 g/mol. The van der Waals surface area contributed by atoms with Crippen molar-refractivity contribution in [2.24, 2.45) is 5.92 Å². The van der Waals surface area contributed by atoms with E-state index in [9.17, 15) is 0 Å². The van der Waals surface area contributed by atoms with Crippen LogP contribution in [0, 0.1) is 5.92 Å². The van der Waals surface area contributed by atoms with Gasteiger partial charge in [-0.05, 0) is 36.3 Å². The number of nitrogens with one attached hydrogen (secondary N) is 1. The summed E-state index contributed by atoms with van der Waals surface area (Å²) in [6.07, 6.45) is 4.02. The number of piperazine rings is 1. The van der Waals surface area contributed by atoms with E-state index in [1.807, 2.05) is 0 Å². The van der Waals surface area contributed by atoms with E-state index >= 15 is 0 Å². The fraction of sp³-hybridized carbons (Fsp3) is 0.625. The van der Waals surface area contributed by atoms with Gasteiger partial charge in [-0.3, -0.25) is 4.90 Å². The Bertz CT molecular complexity index is 381. The second-order valence-electron chi connectivity index (χ2n) is 5.80. The third-order valence-electron chi connectivity index (χ3n) is 4.32. The van der Waals surface area contributed by atoms with Crippen LogP contribution in [0.5, 0.6) is 0 Å². The number of rotatable bonds is 4. The van der Waals surface area contributed by atoms with Crippen LogP contribution in [0.4, 0.5) is 0 Å². The Morgan fingerprint density at radius 2 is 1.89 bits per heavy atom. The van der Waals surface area contributed by atoms with E-state index in [1.54, 1.807) is 0 Å². The van der Waals surface area contributed by atoms with Gasteiger partial charge in [0.1, 0.15) is 0 Å². The maximum Gasteiger partial charge on any atom is 0.0234 e. The first-order chi connectivity index (χ1) is 8.85. The summed E-state index contributed by atoms with van der Waals surface area (Å²) in [4.78, 5) is 2.61. The van der Waals surface area contributed by atoms with Gasteiger partial charge in [0.05, 0.1) is 0 Å². The molecule has 1 aliphatic carbocycles. The summed E-state index contributed by atoms with van der Waals surface area (Å²) in [6.45, 7) is 6.92. The smallest absolute Gasteiger partial charge is 0.0234 e. The molecule has 1 unspecified atom stereocenters. The molecule has 0 spiro atoms. The normalized spacial score (nSPS) is 25.3. The van der Waals surface area contributed by atoms with E-state index in [-0.39, 0.29) is 0 Å². The molecule has 0 aromatic heterocycles. The van der Waals surface area contributed by atoms with Crippen molar-refractivity contribution < 1.29 is 0 Å². The first-order valence-corrected chi connectivity index (χ1v) is 7.38. The van der Waals surface area contributed by atoms with Crippen LogP contribution in [0.1, 0.15) is 30.9 Å². The Kier molecular flexibility index (Phi) is 3.67. The van der Waals surface area contributed by atoms with Crippen LogP contribution >= 0.6 is 0 Å². The predicted octanol–water partition coefficient (Wildman–Crippen LogP) is 2.43. The van der Waals surface area contributed by atoms with Gasteiger partial charge in [-0.25, -0.2) is 0 Å². The molecule has 1 heterocycles. The Balaban J connectivity index is 1.57. The molecule has 0 radical (unpaired) electrons. The van der Waals surface area contributed by atoms with E-state index in [0.717, 1.165) is 31.5 Å². The fourth-order valence-corrected chi connectivity index (χ4v) is 2.94. The standard InChI is InChI=1S/C16H24N2/c1-2-13-3-5-14(6-4-13)11-18-10-9-17-16(12-18)15-7-8-15/h3-6,15-17H,2,7-12H2,1H3. The first-order valence-electron chi connectivity index (χ1n) is 7.38. The lowest BCUT2D eigenvalue weighted by molar-refractivity contribution is 0.181. The molecule has 1 aromatic rings. The maximum atomic E-state index is 3.67. The molecule has 3 rings (SSSR count). The van der Waals surface area contributed by atoms with Gasteiger partial charge < -0.3 is 5.32 Å². The highest BCUT2D eigenvalue weighted by Crippen LogP contribution is 2.33. The minimum atomic E-state index is 0.758. The second-order valence-corrected chi connectivity index (χ2v) is 5.80. The Labute approximate surface area is 110 Å².